The molecule has 3 N–H and O–H groups in total. The summed E-state index contributed by atoms with van der Waals surface area (Å²) in [4.78, 5) is 27.6. The van der Waals surface area contributed by atoms with E-state index < -0.39 is 10.0 Å². The summed E-state index contributed by atoms with van der Waals surface area (Å²) in [7, 11) is -3.83. The normalized spacial score (nSPS) is 10.8. The maximum atomic E-state index is 12.6. The van der Waals surface area contributed by atoms with Crippen molar-refractivity contribution in [3.8, 4) is 11.6 Å². The summed E-state index contributed by atoms with van der Waals surface area (Å²) >= 11 is 0. The van der Waals surface area contributed by atoms with E-state index in [1.807, 2.05) is 6.92 Å². The van der Waals surface area contributed by atoms with Crippen molar-refractivity contribution < 1.29 is 22.7 Å². The average molecular weight is 469 g/mol. The Morgan fingerprint density at radius 2 is 1.64 bits per heavy atom. The van der Waals surface area contributed by atoms with Crippen LogP contribution in [0.2, 0.25) is 0 Å². The van der Waals surface area contributed by atoms with Crippen molar-refractivity contribution in [3.05, 3.63) is 72.4 Å². The molecule has 9 nitrogen and oxygen atoms in total. The maximum absolute atomic E-state index is 12.6. The van der Waals surface area contributed by atoms with E-state index >= 15 is 0 Å². The molecule has 33 heavy (non-hydrogen) atoms. The minimum absolute atomic E-state index is 0.0492. The van der Waals surface area contributed by atoms with E-state index in [-0.39, 0.29) is 22.6 Å². The van der Waals surface area contributed by atoms with Gasteiger partial charge in [-0.25, -0.2) is 13.4 Å². The van der Waals surface area contributed by atoms with Crippen LogP contribution in [0.25, 0.3) is 0 Å². The molecule has 0 bridgehead atoms. The second-order valence-electron chi connectivity index (χ2n) is 7.05. The predicted molar refractivity (Wildman–Crippen MR) is 125 cm³/mol. The van der Waals surface area contributed by atoms with Crippen molar-refractivity contribution in [1.29, 1.82) is 0 Å². The van der Waals surface area contributed by atoms with Crippen LogP contribution in [0.15, 0.2) is 71.8 Å². The number of nitrogens with one attached hydrogen (secondary N) is 3. The molecule has 3 rings (SSSR count). The molecule has 1 aromatic heterocycles. The highest BCUT2D eigenvalue weighted by atomic mass is 32.2. The summed E-state index contributed by atoms with van der Waals surface area (Å²) in [5.41, 5.74) is 1.13. The molecule has 0 saturated heterocycles. The molecule has 0 aliphatic rings. The standard InChI is InChI=1S/C23H24N4O5S/c1-3-14-24-22(29)21-5-4-15-25-23(21)32-19-10-6-18(7-11-19)27-33(30,31)20-12-8-17(9-13-20)26-16(2)28/h4-13,15,27H,3,14H2,1-2H3,(H,24,29)(H,26,28). The molecule has 0 aliphatic carbocycles. The first kappa shape index (κ1) is 23.7. The molecule has 0 radical (unpaired) electrons. The number of pyridine rings is 1. The van der Waals surface area contributed by atoms with Crippen LogP contribution in [-0.2, 0) is 14.8 Å². The second kappa shape index (κ2) is 10.6. The second-order valence-corrected chi connectivity index (χ2v) is 8.73. The summed E-state index contributed by atoms with van der Waals surface area (Å²) in [6, 6.07) is 15.3. The number of rotatable bonds is 9. The van der Waals surface area contributed by atoms with Crippen LogP contribution in [-0.4, -0.2) is 31.8 Å². The van der Waals surface area contributed by atoms with E-state index in [9.17, 15) is 18.0 Å². The van der Waals surface area contributed by atoms with E-state index in [4.69, 9.17) is 4.74 Å². The Bertz CT molecular complexity index is 1230. The van der Waals surface area contributed by atoms with Gasteiger partial charge >= 0.3 is 0 Å². The first-order chi connectivity index (χ1) is 15.8. The molecule has 10 heteroatoms. The van der Waals surface area contributed by atoms with Crippen molar-refractivity contribution in [2.75, 3.05) is 16.6 Å². The number of hydrogen-bond acceptors (Lipinski definition) is 6. The van der Waals surface area contributed by atoms with Gasteiger partial charge in [0.15, 0.2) is 0 Å². The van der Waals surface area contributed by atoms with Crippen LogP contribution >= 0.6 is 0 Å². The van der Waals surface area contributed by atoms with Crippen LogP contribution in [0.1, 0.15) is 30.6 Å². The van der Waals surface area contributed by atoms with Gasteiger partial charge in [-0.2, -0.15) is 0 Å². The minimum Gasteiger partial charge on any atom is -0.438 e. The lowest BCUT2D eigenvalue weighted by atomic mass is 10.2. The van der Waals surface area contributed by atoms with Crippen molar-refractivity contribution in [3.63, 3.8) is 0 Å². The van der Waals surface area contributed by atoms with Crippen LogP contribution in [0.4, 0.5) is 11.4 Å². The van der Waals surface area contributed by atoms with Gasteiger partial charge in [-0.15, -0.1) is 0 Å². The van der Waals surface area contributed by atoms with Gasteiger partial charge in [0.2, 0.25) is 11.8 Å². The zero-order valence-electron chi connectivity index (χ0n) is 18.2. The Kier molecular flexibility index (Phi) is 7.62. The van der Waals surface area contributed by atoms with Gasteiger partial charge in [0.1, 0.15) is 11.3 Å². The highest BCUT2D eigenvalue weighted by Gasteiger charge is 2.16. The Labute approximate surface area is 192 Å². The zero-order valence-corrected chi connectivity index (χ0v) is 19.0. The van der Waals surface area contributed by atoms with Gasteiger partial charge in [-0.1, -0.05) is 6.92 Å². The molecule has 0 spiro atoms. The first-order valence-electron chi connectivity index (χ1n) is 10.2. The number of anilines is 2. The van der Waals surface area contributed by atoms with Crippen molar-refractivity contribution in [2.24, 2.45) is 0 Å². The summed E-state index contributed by atoms with van der Waals surface area (Å²) in [5, 5.41) is 5.36. The van der Waals surface area contributed by atoms with Gasteiger partial charge in [0.25, 0.3) is 15.9 Å². The van der Waals surface area contributed by atoms with Crippen LogP contribution in [0.3, 0.4) is 0 Å². The fourth-order valence-electron chi connectivity index (χ4n) is 2.82. The number of nitrogens with zero attached hydrogens (tertiary/aromatic N) is 1. The van der Waals surface area contributed by atoms with Crippen molar-refractivity contribution in [2.45, 2.75) is 25.2 Å². The van der Waals surface area contributed by atoms with Crippen LogP contribution < -0.4 is 20.1 Å². The quantitative estimate of drug-likeness (QED) is 0.439. The number of benzene rings is 2. The fourth-order valence-corrected chi connectivity index (χ4v) is 3.87. The first-order valence-corrected chi connectivity index (χ1v) is 11.7. The number of aromatic nitrogens is 1. The molecule has 3 aromatic rings. The lowest BCUT2D eigenvalue weighted by Gasteiger charge is -2.12. The third-order valence-corrected chi connectivity index (χ3v) is 5.75. The largest absolute Gasteiger partial charge is 0.438 e. The molecule has 0 aliphatic heterocycles. The number of carbonyl (C=O) groups is 2. The molecule has 0 saturated carbocycles. The van der Waals surface area contributed by atoms with E-state index in [2.05, 4.69) is 20.3 Å². The number of sulfonamides is 1. The minimum atomic E-state index is -3.83. The number of carbonyl (C=O) groups excluding carboxylic acids is 2. The van der Waals surface area contributed by atoms with Gasteiger partial charge < -0.3 is 15.4 Å². The van der Waals surface area contributed by atoms with Gasteiger partial charge in [-0.05, 0) is 67.1 Å². The van der Waals surface area contributed by atoms with Gasteiger partial charge in [-0.3, -0.25) is 14.3 Å². The van der Waals surface area contributed by atoms with Crippen molar-refractivity contribution >= 4 is 33.2 Å². The SMILES string of the molecule is CCCNC(=O)c1cccnc1Oc1ccc(NS(=O)(=O)c2ccc(NC(C)=O)cc2)cc1. The summed E-state index contributed by atoms with van der Waals surface area (Å²) in [5.74, 6) is 0.0128. The Morgan fingerprint density at radius 1 is 0.970 bits per heavy atom. The molecule has 172 valence electrons. The lowest BCUT2D eigenvalue weighted by Crippen LogP contribution is -2.24. The highest BCUT2D eigenvalue weighted by molar-refractivity contribution is 7.92. The van der Waals surface area contributed by atoms with E-state index in [1.165, 1.54) is 37.4 Å². The molecular weight excluding hydrogens is 444 g/mol. The third-order valence-electron chi connectivity index (χ3n) is 4.36. The Hall–Kier alpha value is -3.92. The molecule has 0 fully saturated rings. The van der Waals surface area contributed by atoms with Crippen molar-refractivity contribution in [1.82, 2.24) is 10.3 Å². The van der Waals surface area contributed by atoms with Gasteiger partial charge in [0, 0.05) is 31.0 Å². The fraction of sp³-hybridized carbons (Fsp3) is 0.174. The third kappa shape index (κ3) is 6.53. The average Bonchev–Trinajstić information content (AvgIpc) is 2.79. The Balaban J connectivity index is 1.70. The number of hydrogen-bond donors (Lipinski definition) is 3. The molecule has 1 heterocycles. The van der Waals surface area contributed by atoms with E-state index in [0.29, 0.717) is 29.2 Å². The predicted octanol–water partition coefficient (Wildman–Crippen LogP) is 3.77. The summed E-state index contributed by atoms with van der Waals surface area (Å²) in [6.45, 7) is 3.87. The van der Waals surface area contributed by atoms with E-state index in [1.54, 1.807) is 36.4 Å². The maximum Gasteiger partial charge on any atom is 0.261 e. The topological polar surface area (TPSA) is 126 Å². The molecular formula is C23H24N4O5S. The zero-order chi connectivity index (χ0) is 23.8. The Morgan fingerprint density at radius 3 is 2.27 bits per heavy atom. The lowest BCUT2D eigenvalue weighted by molar-refractivity contribution is -0.114. The summed E-state index contributed by atoms with van der Waals surface area (Å²) < 4.78 is 33.5. The number of ether oxygens (including phenoxy) is 1. The van der Waals surface area contributed by atoms with Crippen LogP contribution in [0.5, 0.6) is 11.6 Å². The molecule has 2 aromatic carbocycles. The van der Waals surface area contributed by atoms with E-state index in [0.717, 1.165) is 6.42 Å². The highest BCUT2D eigenvalue weighted by Crippen LogP contribution is 2.25. The van der Waals surface area contributed by atoms with Gasteiger partial charge in [0.05, 0.1) is 4.90 Å². The molecule has 2 amide bonds. The van der Waals surface area contributed by atoms with Crippen LogP contribution in [0, 0.1) is 0 Å². The smallest absolute Gasteiger partial charge is 0.261 e. The monoisotopic (exact) mass is 468 g/mol. The molecule has 0 unspecified atom stereocenters. The summed E-state index contributed by atoms with van der Waals surface area (Å²) in [6.07, 6.45) is 2.32. The number of amides is 2. The molecule has 0 atom stereocenters.